The third kappa shape index (κ3) is 4.56. The Morgan fingerprint density at radius 1 is 1.16 bits per heavy atom. The van der Waals surface area contributed by atoms with E-state index < -0.39 is 11.6 Å². The van der Waals surface area contributed by atoms with Crippen LogP contribution in [0, 0.1) is 11.2 Å². The summed E-state index contributed by atoms with van der Waals surface area (Å²) in [4.78, 5) is 23.6. The maximum Gasteiger partial charge on any atom is 0.251 e. The smallest absolute Gasteiger partial charge is 0.251 e. The second-order valence-electron chi connectivity index (χ2n) is 8.21. The Labute approximate surface area is 185 Å². The van der Waals surface area contributed by atoms with Gasteiger partial charge in [-0.3, -0.25) is 9.59 Å². The molecule has 0 fully saturated rings. The summed E-state index contributed by atoms with van der Waals surface area (Å²) in [7, 11) is 0. The lowest BCUT2D eigenvalue weighted by Crippen LogP contribution is -2.38. The molecular weight excluding hydrogens is 411 g/mol. The minimum Gasteiger partial charge on any atom is -0.472 e. The minimum absolute atomic E-state index is 0.225. The van der Waals surface area contributed by atoms with Crippen LogP contribution < -0.4 is 10.6 Å². The average molecular weight is 434 g/mol. The van der Waals surface area contributed by atoms with Gasteiger partial charge in [-0.15, -0.1) is 0 Å². The van der Waals surface area contributed by atoms with E-state index in [0.29, 0.717) is 29.7 Å². The molecule has 1 atom stereocenters. The van der Waals surface area contributed by atoms with Crippen LogP contribution in [0.3, 0.4) is 0 Å². The lowest BCUT2D eigenvalue weighted by atomic mass is 9.89. The predicted molar refractivity (Wildman–Crippen MR) is 117 cm³/mol. The Morgan fingerprint density at radius 3 is 2.66 bits per heavy atom. The normalized spacial score (nSPS) is 15.5. The third-order valence-electron chi connectivity index (χ3n) is 5.35. The molecule has 1 aromatic heterocycles. The summed E-state index contributed by atoms with van der Waals surface area (Å²) in [5.74, 6) is 0.224. The van der Waals surface area contributed by atoms with E-state index in [9.17, 15) is 14.0 Å². The van der Waals surface area contributed by atoms with E-state index in [1.165, 1.54) is 12.1 Å². The van der Waals surface area contributed by atoms with E-state index in [-0.39, 0.29) is 17.5 Å². The number of furan rings is 1. The maximum atomic E-state index is 13.2. The van der Waals surface area contributed by atoms with Crippen LogP contribution >= 0.6 is 0 Å². The van der Waals surface area contributed by atoms with Gasteiger partial charge < -0.3 is 19.8 Å². The van der Waals surface area contributed by atoms with E-state index in [2.05, 4.69) is 10.6 Å². The van der Waals surface area contributed by atoms with Gasteiger partial charge in [-0.1, -0.05) is 38.1 Å². The van der Waals surface area contributed by atoms with Gasteiger partial charge in [0.25, 0.3) is 5.91 Å². The highest BCUT2D eigenvalue weighted by Crippen LogP contribution is 2.32. The second kappa shape index (κ2) is 8.70. The van der Waals surface area contributed by atoms with Crippen molar-refractivity contribution in [2.24, 2.45) is 5.41 Å². The van der Waals surface area contributed by atoms with E-state index in [0.717, 1.165) is 11.3 Å². The quantitative estimate of drug-likeness (QED) is 0.522. The molecule has 1 aliphatic heterocycles. The summed E-state index contributed by atoms with van der Waals surface area (Å²) < 4.78 is 24.3. The summed E-state index contributed by atoms with van der Waals surface area (Å²) in [6, 6.07) is 16.4. The average Bonchev–Trinajstić information content (AvgIpc) is 3.48. The van der Waals surface area contributed by atoms with Crippen molar-refractivity contribution in [3.8, 4) is 11.3 Å². The largest absolute Gasteiger partial charge is 0.472 e. The third-order valence-corrected chi connectivity index (χ3v) is 5.35. The molecular formula is C25H23FN2O4. The van der Waals surface area contributed by atoms with Crippen molar-refractivity contribution in [3.05, 3.63) is 95.3 Å². The van der Waals surface area contributed by atoms with Gasteiger partial charge in [-0.05, 0) is 36.4 Å². The van der Waals surface area contributed by atoms with Gasteiger partial charge in [0.1, 0.15) is 17.8 Å². The number of nitrogens with one attached hydrogen (secondary N) is 2. The molecule has 4 rings (SSSR count). The summed E-state index contributed by atoms with van der Waals surface area (Å²) in [6.45, 7) is 4.34. The van der Waals surface area contributed by atoms with Gasteiger partial charge in [0.15, 0.2) is 18.3 Å². The molecule has 2 aromatic carbocycles. The number of aldehydes is 1. The van der Waals surface area contributed by atoms with E-state index in [1.54, 1.807) is 48.7 Å². The van der Waals surface area contributed by atoms with E-state index in [4.69, 9.17) is 9.15 Å². The van der Waals surface area contributed by atoms with Crippen molar-refractivity contribution < 1.29 is 23.1 Å². The number of carbonyl (C=O) groups is 2. The van der Waals surface area contributed by atoms with Crippen LogP contribution in [-0.2, 0) is 4.74 Å². The topological polar surface area (TPSA) is 80.6 Å². The molecule has 0 radical (unpaired) electrons. The van der Waals surface area contributed by atoms with Crippen LogP contribution in [0.25, 0.3) is 11.3 Å². The Bertz CT molecular complexity index is 1160. The molecule has 3 aromatic rings. The van der Waals surface area contributed by atoms with Crippen LogP contribution in [0.4, 0.5) is 4.39 Å². The number of hydrogen-bond donors (Lipinski definition) is 2. The minimum atomic E-state index is -0.429. The molecule has 2 heterocycles. The highest BCUT2D eigenvalue weighted by Gasteiger charge is 2.31. The summed E-state index contributed by atoms with van der Waals surface area (Å²) in [5.41, 5.74) is 2.40. The first-order valence-electron chi connectivity index (χ1n) is 10.2. The molecule has 2 N–H and O–H groups in total. The molecule has 1 unspecified atom stereocenters. The highest BCUT2D eigenvalue weighted by atomic mass is 19.1. The maximum absolute atomic E-state index is 13.2. The van der Waals surface area contributed by atoms with Gasteiger partial charge in [0, 0.05) is 28.7 Å². The van der Waals surface area contributed by atoms with Crippen LogP contribution in [0.1, 0.15) is 46.6 Å². The Hall–Kier alpha value is -3.87. The van der Waals surface area contributed by atoms with Gasteiger partial charge in [-0.2, -0.15) is 0 Å². The molecule has 1 amide bonds. The lowest BCUT2D eigenvalue weighted by Gasteiger charge is -2.27. The standard InChI is InChI=1S/C25H23FN2O4/c1-25(2,22-14-31-24(28-22)16-6-8-19(26)9-7-16)15-27-23(30)18-5-3-4-17(12-18)21-11-10-20(13-29)32-21/h3-14,24,28H,15H2,1-2H3,(H,27,30). The molecule has 0 bridgehead atoms. The highest BCUT2D eigenvalue weighted by molar-refractivity contribution is 5.95. The fourth-order valence-corrected chi connectivity index (χ4v) is 3.38. The number of hydrogen-bond acceptors (Lipinski definition) is 5. The first-order chi connectivity index (χ1) is 15.4. The lowest BCUT2D eigenvalue weighted by molar-refractivity contribution is 0.0940. The van der Waals surface area contributed by atoms with Crippen LogP contribution in [0.15, 0.2) is 77.0 Å². The molecule has 0 aliphatic carbocycles. The SMILES string of the molecule is CC(C)(CNC(=O)c1cccc(-c2ccc(C=O)o2)c1)C1=COC(c2ccc(F)cc2)N1. The van der Waals surface area contributed by atoms with Crippen molar-refractivity contribution in [2.45, 2.75) is 20.1 Å². The summed E-state index contributed by atoms with van der Waals surface area (Å²) in [6.07, 6.45) is 1.88. The molecule has 1 aliphatic rings. The van der Waals surface area contributed by atoms with Crippen molar-refractivity contribution in [2.75, 3.05) is 6.54 Å². The fraction of sp³-hybridized carbons (Fsp3) is 0.200. The van der Waals surface area contributed by atoms with Gasteiger partial charge in [0.2, 0.25) is 0 Å². The van der Waals surface area contributed by atoms with E-state index >= 15 is 0 Å². The van der Waals surface area contributed by atoms with Crippen LogP contribution in [-0.4, -0.2) is 18.7 Å². The van der Waals surface area contributed by atoms with Crippen molar-refractivity contribution in [3.63, 3.8) is 0 Å². The van der Waals surface area contributed by atoms with Crippen molar-refractivity contribution in [1.82, 2.24) is 10.6 Å². The van der Waals surface area contributed by atoms with Crippen LogP contribution in [0.2, 0.25) is 0 Å². The number of carbonyl (C=O) groups excluding carboxylic acids is 2. The number of benzene rings is 2. The Balaban J connectivity index is 1.38. The van der Waals surface area contributed by atoms with Crippen LogP contribution in [0.5, 0.6) is 0 Å². The molecule has 0 saturated heterocycles. The Morgan fingerprint density at radius 2 is 1.94 bits per heavy atom. The predicted octanol–water partition coefficient (Wildman–Crippen LogP) is 4.81. The van der Waals surface area contributed by atoms with Crippen molar-refractivity contribution >= 4 is 12.2 Å². The monoisotopic (exact) mass is 434 g/mol. The molecule has 32 heavy (non-hydrogen) atoms. The zero-order chi connectivity index (χ0) is 22.7. The zero-order valence-corrected chi connectivity index (χ0v) is 17.7. The second-order valence-corrected chi connectivity index (χ2v) is 8.21. The van der Waals surface area contributed by atoms with Gasteiger partial charge in [0.05, 0.1) is 5.70 Å². The molecule has 7 heteroatoms. The molecule has 0 spiro atoms. The van der Waals surface area contributed by atoms with Crippen molar-refractivity contribution in [1.29, 1.82) is 0 Å². The Kier molecular flexibility index (Phi) is 5.81. The first kappa shape index (κ1) is 21.4. The fourth-order valence-electron chi connectivity index (χ4n) is 3.38. The number of amides is 1. The summed E-state index contributed by atoms with van der Waals surface area (Å²) >= 11 is 0. The van der Waals surface area contributed by atoms with Gasteiger partial charge in [-0.25, -0.2) is 4.39 Å². The summed E-state index contributed by atoms with van der Waals surface area (Å²) in [5, 5.41) is 6.25. The molecule has 164 valence electrons. The van der Waals surface area contributed by atoms with Gasteiger partial charge >= 0.3 is 0 Å². The molecule has 0 saturated carbocycles. The zero-order valence-electron chi connectivity index (χ0n) is 17.7. The number of rotatable bonds is 7. The number of halogens is 1. The number of ether oxygens (including phenoxy) is 1. The first-order valence-corrected chi connectivity index (χ1v) is 10.2. The molecule has 6 nitrogen and oxygen atoms in total. The van der Waals surface area contributed by atoms with E-state index in [1.807, 2.05) is 19.9 Å².